The van der Waals surface area contributed by atoms with Crippen molar-refractivity contribution in [3.05, 3.63) is 18.3 Å². The van der Waals surface area contributed by atoms with Gasteiger partial charge in [-0.25, -0.2) is 4.98 Å². The summed E-state index contributed by atoms with van der Waals surface area (Å²) in [6.07, 6.45) is -1.53. The number of rotatable bonds is 3. The molecule has 2 aliphatic rings. The van der Waals surface area contributed by atoms with Gasteiger partial charge in [0.2, 0.25) is 5.88 Å². The third kappa shape index (κ3) is 2.58. The molecule has 24 heavy (non-hydrogen) atoms. The van der Waals surface area contributed by atoms with E-state index >= 15 is 0 Å². The Morgan fingerprint density at radius 3 is 2.08 bits per heavy atom. The lowest BCUT2D eigenvalue weighted by atomic mass is 9.80. The SMILES string of the molecule is CC1(C)OB(c2ccc(OC3CC(F)(F)C3(F)F)nc2)OC1(C)C. The van der Waals surface area contributed by atoms with E-state index in [0.29, 0.717) is 5.46 Å². The largest absolute Gasteiger partial charge is 0.496 e. The second kappa shape index (κ2) is 5.08. The van der Waals surface area contributed by atoms with Crippen molar-refractivity contribution in [3.63, 3.8) is 0 Å². The third-order valence-corrected chi connectivity index (χ3v) is 4.88. The van der Waals surface area contributed by atoms with Crippen LogP contribution in [0.3, 0.4) is 0 Å². The average molecular weight is 347 g/mol. The average Bonchev–Trinajstić information content (AvgIpc) is 2.67. The molecule has 2 heterocycles. The minimum absolute atomic E-state index is 0.143. The van der Waals surface area contributed by atoms with Gasteiger partial charge in [-0.05, 0) is 33.8 Å². The maximum Gasteiger partial charge on any atom is 0.496 e. The van der Waals surface area contributed by atoms with Crippen LogP contribution < -0.4 is 10.2 Å². The first-order valence-corrected chi connectivity index (χ1v) is 7.60. The van der Waals surface area contributed by atoms with Gasteiger partial charge in [0.1, 0.15) is 0 Å². The van der Waals surface area contributed by atoms with Crippen molar-refractivity contribution in [1.82, 2.24) is 4.98 Å². The summed E-state index contributed by atoms with van der Waals surface area (Å²) >= 11 is 0. The number of nitrogens with zero attached hydrogens (tertiary/aromatic N) is 1. The standard InChI is InChI=1S/C15H18BF4NO3/c1-12(2)13(3,4)24-16(23-12)9-5-6-11(21-8-9)22-10-7-14(17,18)15(10,19)20/h5-6,8,10H,7H2,1-4H3. The Hall–Kier alpha value is -1.35. The van der Waals surface area contributed by atoms with Gasteiger partial charge < -0.3 is 14.0 Å². The number of aromatic nitrogens is 1. The van der Waals surface area contributed by atoms with E-state index in [1.165, 1.54) is 12.3 Å². The predicted octanol–water partition coefficient (Wildman–Crippen LogP) is 2.80. The number of hydrogen-bond donors (Lipinski definition) is 0. The molecule has 1 aromatic rings. The van der Waals surface area contributed by atoms with Gasteiger partial charge >= 0.3 is 19.0 Å². The molecule has 1 saturated carbocycles. The fourth-order valence-electron chi connectivity index (χ4n) is 2.44. The minimum atomic E-state index is -4.18. The Kier molecular flexibility index (Phi) is 3.70. The summed E-state index contributed by atoms with van der Waals surface area (Å²) < 4.78 is 68.6. The fraction of sp³-hybridized carbons (Fsp3) is 0.667. The van der Waals surface area contributed by atoms with Crippen LogP contribution in [0.25, 0.3) is 0 Å². The first kappa shape index (κ1) is 17.5. The molecule has 1 aromatic heterocycles. The zero-order valence-corrected chi connectivity index (χ0v) is 13.8. The monoisotopic (exact) mass is 347 g/mol. The number of halogens is 4. The normalized spacial score (nSPS) is 29.2. The van der Waals surface area contributed by atoms with Crippen LogP contribution >= 0.6 is 0 Å². The van der Waals surface area contributed by atoms with Crippen LogP contribution in [0.1, 0.15) is 34.1 Å². The van der Waals surface area contributed by atoms with E-state index in [1.54, 1.807) is 6.07 Å². The van der Waals surface area contributed by atoms with E-state index in [1.807, 2.05) is 27.7 Å². The summed E-state index contributed by atoms with van der Waals surface area (Å²) in [4.78, 5) is 3.89. The molecular weight excluding hydrogens is 329 g/mol. The lowest BCUT2D eigenvalue weighted by molar-refractivity contribution is -0.324. The number of ether oxygens (including phenoxy) is 1. The molecule has 132 valence electrons. The first-order chi connectivity index (χ1) is 10.9. The van der Waals surface area contributed by atoms with Crippen LogP contribution in [0.5, 0.6) is 5.88 Å². The van der Waals surface area contributed by atoms with E-state index in [0.717, 1.165) is 0 Å². The van der Waals surface area contributed by atoms with Gasteiger partial charge in [-0.3, -0.25) is 0 Å². The molecule has 0 bridgehead atoms. The molecule has 1 atom stereocenters. The third-order valence-electron chi connectivity index (χ3n) is 4.88. The Bertz CT molecular complexity index is 620. The summed E-state index contributed by atoms with van der Waals surface area (Å²) in [6.45, 7) is 7.60. The van der Waals surface area contributed by atoms with Crippen LogP contribution in [0.4, 0.5) is 17.6 Å². The van der Waals surface area contributed by atoms with Crippen molar-refractivity contribution < 1.29 is 31.6 Å². The molecule has 1 unspecified atom stereocenters. The van der Waals surface area contributed by atoms with Crippen LogP contribution in [-0.2, 0) is 9.31 Å². The molecular formula is C15H18BF4NO3. The topological polar surface area (TPSA) is 40.6 Å². The molecule has 0 spiro atoms. The highest BCUT2D eigenvalue weighted by molar-refractivity contribution is 6.62. The van der Waals surface area contributed by atoms with Gasteiger partial charge in [-0.1, -0.05) is 6.07 Å². The molecule has 1 saturated heterocycles. The number of pyridine rings is 1. The quantitative estimate of drug-likeness (QED) is 0.623. The van der Waals surface area contributed by atoms with Gasteiger partial charge in [0, 0.05) is 11.7 Å². The number of hydrogen-bond acceptors (Lipinski definition) is 4. The fourth-order valence-corrected chi connectivity index (χ4v) is 2.44. The van der Waals surface area contributed by atoms with E-state index in [4.69, 9.17) is 14.0 Å². The summed E-state index contributed by atoms with van der Waals surface area (Å²) in [5, 5.41) is 0. The molecule has 1 aliphatic heterocycles. The van der Waals surface area contributed by atoms with Crippen LogP contribution in [0, 0.1) is 0 Å². The van der Waals surface area contributed by atoms with Gasteiger partial charge in [-0.2, -0.15) is 17.6 Å². The highest BCUT2D eigenvalue weighted by Gasteiger charge is 2.73. The van der Waals surface area contributed by atoms with Crippen LogP contribution in [0.2, 0.25) is 0 Å². The van der Waals surface area contributed by atoms with Crippen molar-refractivity contribution in [2.24, 2.45) is 0 Å². The smallest absolute Gasteiger partial charge is 0.467 e. The zero-order valence-electron chi connectivity index (χ0n) is 13.8. The maximum absolute atomic E-state index is 13.2. The molecule has 9 heteroatoms. The summed E-state index contributed by atoms with van der Waals surface area (Å²) in [5.74, 6) is -8.35. The molecule has 0 amide bonds. The van der Waals surface area contributed by atoms with Crippen molar-refractivity contribution in [3.8, 4) is 5.88 Å². The van der Waals surface area contributed by atoms with E-state index in [-0.39, 0.29) is 5.88 Å². The van der Waals surface area contributed by atoms with E-state index in [2.05, 4.69) is 4.98 Å². The van der Waals surface area contributed by atoms with Crippen molar-refractivity contribution in [2.45, 2.75) is 63.3 Å². The molecule has 2 fully saturated rings. The van der Waals surface area contributed by atoms with Crippen molar-refractivity contribution >= 4 is 12.6 Å². The molecule has 4 nitrogen and oxygen atoms in total. The van der Waals surface area contributed by atoms with Crippen molar-refractivity contribution in [2.75, 3.05) is 0 Å². The second-order valence-electron chi connectivity index (χ2n) is 7.16. The van der Waals surface area contributed by atoms with E-state index < -0.39 is 42.7 Å². The second-order valence-corrected chi connectivity index (χ2v) is 7.16. The molecule has 0 radical (unpaired) electrons. The van der Waals surface area contributed by atoms with Gasteiger partial charge in [0.05, 0.1) is 17.6 Å². The maximum atomic E-state index is 13.2. The Balaban J connectivity index is 1.67. The minimum Gasteiger partial charge on any atom is -0.467 e. The summed E-state index contributed by atoms with van der Waals surface area (Å²) in [5.41, 5.74) is -0.453. The molecule has 1 aliphatic carbocycles. The highest BCUT2D eigenvalue weighted by atomic mass is 19.3. The molecule has 0 aromatic carbocycles. The van der Waals surface area contributed by atoms with Crippen LogP contribution in [0.15, 0.2) is 18.3 Å². The Morgan fingerprint density at radius 1 is 1.08 bits per heavy atom. The lowest BCUT2D eigenvalue weighted by Crippen LogP contribution is -2.64. The van der Waals surface area contributed by atoms with Gasteiger partial charge in [-0.15, -0.1) is 0 Å². The highest BCUT2D eigenvalue weighted by Crippen LogP contribution is 2.52. The zero-order chi connectivity index (χ0) is 18.0. The van der Waals surface area contributed by atoms with Crippen LogP contribution in [-0.4, -0.2) is 41.3 Å². The Morgan fingerprint density at radius 2 is 1.67 bits per heavy atom. The summed E-state index contributed by atoms with van der Waals surface area (Å²) in [6, 6.07) is 2.90. The molecule has 0 N–H and O–H groups in total. The number of alkyl halides is 4. The van der Waals surface area contributed by atoms with Gasteiger partial charge in [0.25, 0.3) is 0 Å². The van der Waals surface area contributed by atoms with E-state index in [9.17, 15) is 17.6 Å². The Labute approximate surface area is 137 Å². The van der Waals surface area contributed by atoms with Gasteiger partial charge in [0.15, 0.2) is 6.10 Å². The molecule has 3 rings (SSSR count). The lowest BCUT2D eigenvalue weighted by Gasteiger charge is -2.42. The first-order valence-electron chi connectivity index (χ1n) is 7.60. The van der Waals surface area contributed by atoms with Crippen molar-refractivity contribution in [1.29, 1.82) is 0 Å². The summed E-state index contributed by atoms with van der Waals surface area (Å²) in [7, 11) is -0.647. The predicted molar refractivity (Wildman–Crippen MR) is 78.9 cm³/mol.